The molecule has 0 aromatic heterocycles. The van der Waals surface area contributed by atoms with Gasteiger partial charge in [0.25, 0.3) is 0 Å². The molecular weight excluding hydrogens is 316 g/mol. The Balaban J connectivity index is 1.60. The van der Waals surface area contributed by atoms with E-state index in [1.807, 2.05) is 24.3 Å². The number of ether oxygens (including phenoxy) is 1. The van der Waals surface area contributed by atoms with Crippen LogP contribution in [0.3, 0.4) is 0 Å². The number of nitrogens with one attached hydrogen (secondary N) is 1. The van der Waals surface area contributed by atoms with Crippen LogP contribution in [0.5, 0.6) is 5.75 Å². The molecule has 0 saturated heterocycles. The molecule has 1 unspecified atom stereocenters. The lowest BCUT2D eigenvalue weighted by Gasteiger charge is -2.26. The van der Waals surface area contributed by atoms with Crippen molar-refractivity contribution < 1.29 is 14.6 Å². The SMILES string of the molecule is COc1ccccc1C1CC(=O)C(C2=N[C@H]3CCCC[C@@H]3N2)=C(O)C1. The summed E-state index contributed by atoms with van der Waals surface area (Å²) in [7, 11) is 1.63. The van der Waals surface area contributed by atoms with E-state index in [0.29, 0.717) is 30.3 Å². The molecule has 132 valence electrons. The van der Waals surface area contributed by atoms with Crippen molar-refractivity contribution in [3.63, 3.8) is 0 Å². The fourth-order valence-electron chi connectivity index (χ4n) is 4.34. The highest BCUT2D eigenvalue weighted by molar-refractivity contribution is 6.23. The molecule has 1 fully saturated rings. The monoisotopic (exact) mass is 340 g/mol. The number of nitrogens with zero attached hydrogens (tertiary/aromatic N) is 1. The Morgan fingerprint density at radius 2 is 2.00 bits per heavy atom. The first-order chi connectivity index (χ1) is 12.2. The van der Waals surface area contributed by atoms with Crippen molar-refractivity contribution in [3.8, 4) is 5.75 Å². The van der Waals surface area contributed by atoms with Crippen LogP contribution in [0.25, 0.3) is 0 Å². The molecule has 1 aromatic carbocycles. The van der Waals surface area contributed by atoms with Crippen LogP contribution in [0.4, 0.5) is 0 Å². The molecule has 5 nitrogen and oxygen atoms in total. The summed E-state index contributed by atoms with van der Waals surface area (Å²) in [6, 6.07) is 8.28. The summed E-state index contributed by atoms with van der Waals surface area (Å²) in [6.45, 7) is 0. The van der Waals surface area contributed by atoms with Gasteiger partial charge in [0.15, 0.2) is 5.78 Å². The molecule has 2 N–H and O–H groups in total. The van der Waals surface area contributed by atoms with E-state index < -0.39 is 0 Å². The highest BCUT2D eigenvalue weighted by Gasteiger charge is 2.38. The van der Waals surface area contributed by atoms with Gasteiger partial charge in [-0.1, -0.05) is 31.0 Å². The number of methoxy groups -OCH3 is 1. The summed E-state index contributed by atoms with van der Waals surface area (Å²) in [5.74, 6) is 1.43. The van der Waals surface area contributed by atoms with Crippen molar-refractivity contribution >= 4 is 11.6 Å². The summed E-state index contributed by atoms with van der Waals surface area (Å²) < 4.78 is 5.41. The number of Topliss-reactive ketones (excluding diaryl/α,β-unsaturated/α-hetero) is 1. The van der Waals surface area contributed by atoms with Gasteiger partial charge in [-0.25, -0.2) is 0 Å². The molecule has 0 amide bonds. The molecule has 0 bridgehead atoms. The highest BCUT2D eigenvalue weighted by Crippen LogP contribution is 2.38. The number of carbonyl (C=O) groups is 1. The average molecular weight is 340 g/mol. The van der Waals surface area contributed by atoms with Gasteiger partial charge in [0.2, 0.25) is 0 Å². The van der Waals surface area contributed by atoms with E-state index in [1.165, 1.54) is 12.8 Å². The molecule has 1 aromatic rings. The summed E-state index contributed by atoms with van der Waals surface area (Å²) in [4.78, 5) is 17.5. The normalized spacial score (nSPS) is 29.1. The second-order valence-electron chi connectivity index (χ2n) is 7.17. The maximum Gasteiger partial charge on any atom is 0.170 e. The van der Waals surface area contributed by atoms with E-state index in [0.717, 1.165) is 24.2 Å². The molecule has 0 radical (unpaired) electrons. The summed E-state index contributed by atoms with van der Waals surface area (Å²) >= 11 is 0. The standard InChI is InChI=1S/C20H24N2O3/c1-25-18-9-5-2-6-13(18)12-10-16(23)19(17(24)11-12)20-21-14-7-3-4-8-15(14)22-20/h2,5-6,9,12,14-15,23H,3-4,7-8,10-11H2,1H3,(H,21,22)/t12?,14-,15-/m0/s1. The Morgan fingerprint density at radius 3 is 2.76 bits per heavy atom. The van der Waals surface area contributed by atoms with Crippen LogP contribution in [0.2, 0.25) is 0 Å². The lowest BCUT2D eigenvalue weighted by Crippen LogP contribution is -2.39. The quantitative estimate of drug-likeness (QED) is 0.886. The average Bonchev–Trinajstić information content (AvgIpc) is 3.04. The van der Waals surface area contributed by atoms with Crippen LogP contribution in [-0.2, 0) is 4.79 Å². The van der Waals surface area contributed by atoms with Crippen molar-refractivity contribution in [2.24, 2.45) is 4.99 Å². The number of para-hydroxylation sites is 1. The zero-order valence-corrected chi connectivity index (χ0v) is 14.5. The van der Waals surface area contributed by atoms with Gasteiger partial charge < -0.3 is 15.2 Å². The third-order valence-corrected chi connectivity index (χ3v) is 5.60. The zero-order valence-electron chi connectivity index (χ0n) is 14.5. The van der Waals surface area contributed by atoms with Crippen LogP contribution >= 0.6 is 0 Å². The van der Waals surface area contributed by atoms with Gasteiger partial charge in [-0.15, -0.1) is 0 Å². The summed E-state index contributed by atoms with van der Waals surface area (Å²) in [6.07, 6.45) is 5.35. The largest absolute Gasteiger partial charge is 0.511 e. The van der Waals surface area contributed by atoms with Crippen LogP contribution in [0.15, 0.2) is 40.6 Å². The minimum absolute atomic E-state index is 0.0375. The van der Waals surface area contributed by atoms with E-state index in [2.05, 4.69) is 5.32 Å². The fraction of sp³-hybridized carbons (Fsp3) is 0.500. The number of allylic oxidation sites excluding steroid dienone is 1. The van der Waals surface area contributed by atoms with Gasteiger partial charge in [0.1, 0.15) is 17.3 Å². The predicted octanol–water partition coefficient (Wildman–Crippen LogP) is 3.27. The van der Waals surface area contributed by atoms with Gasteiger partial charge in [0.05, 0.1) is 18.7 Å². The molecule has 4 rings (SSSR count). The molecule has 3 atom stereocenters. The molecule has 5 heteroatoms. The molecule has 3 aliphatic rings. The number of benzene rings is 1. The Labute approximate surface area is 147 Å². The first kappa shape index (κ1) is 16.2. The number of ketones is 1. The van der Waals surface area contributed by atoms with Crippen molar-refractivity contribution in [3.05, 3.63) is 41.2 Å². The number of fused-ring (bicyclic) bond motifs is 1. The Kier molecular flexibility index (Phi) is 4.24. The first-order valence-corrected chi connectivity index (χ1v) is 9.10. The molecule has 2 aliphatic carbocycles. The van der Waals surface area contributed by atoms with Crippen LogP contribution in [-0.4, -0.2) is 35.9 Å². The molecule has 1 saturated carbocycles. The maximum absolute atomic E-state index is 12.8. The molecule has 25 heavy (non-hydrogen) atoms. The Bertz CT molecular complexity index is 753. The molecule has 1 heterocycles. The lowest BCUT2D eigenvalue weighted by molar-refractivity contribution is -0.116. The third kappa shape index (κ3) is 2.92. The number of carbonyl (C=O) groups excluding carboxylic acids is 1. The second kappa shape index (κ2) is 6.54. The van der Waals surface area contributed by atoms with Gasteiger partial charge in [0, 0.05) is 24.8 Å². The smallest absolute Gasteiger partial charge is 0.170 e. The number of amidine groups is 1. The Morgan fingerprint density at radius 1 is 1.20 bits per heavy atom. The van der Waals surface area contributed by atoms with Crippen molar-refractivity contribution in [2.75, 3.05) is 7.11 Å². The second-order valence-corrected chi connectivity index (χ2v) is 7.17. The van der Waals surface area contributed by atoms with Gasteiger partial charge in [-0.2, -0.15) is 0 Å². The Hall–Kier alpha value is -2.30. The van der Waals surface area contributed by atoms with E-state index in [1.54, 1.807) is 7.11 Å². The zero-order chi connectivity index (χ0) is 17.4. The summed E-state index contributed by atoms with van der Waals surface area (Å²) in [5.41, 5.74) is 1.37. The number of aliphatic hydroxyl groups is 1. The number of aliphatic hydroxyl groups excluding tert-OH is 1. The van der Waals surface area contributed by atoms with E-state index in [9.17, 15) is 9.90 Å². The number of hydrogen-bond acceptors (Lipinski definition) is 5. The van der Waals surface area contributed by atoms with Gasteiger partial charge in [-0.3, -0.25) is 9.79 Å². The van der Waals surface area contributed by atoms with E-state index in [4.69, 9.17) is 9.73 Å². The van der Waals surface area contributed by atoms with Gasteiger partial charge in [-0.05, 0) is 24.5 Å². The lowest BCUT2D eigenvalue weighted by atomic mass is 9.82. The topological polar surface area (TPSA) is 70.9 Å². The molecule has 1 aliphatic heterocycles. The minimum Gasteiger partial charge on any atom is -0.511 e. The van der Waals surface area contributed by atoms with Crippen LogP contribution in [0, 0.1) is 0 Å². The first-order valence-electron chi connectivity index (χ1n) is 9.10. The number of rotatable bonds is 3. The molecule has 0 spiro atoms. The summed E-state index contributed by atoms with van der Waals surface area (Å²) in [5, 5.41) is 14.0. The van der Waals surface area contributed by atoms with Crippen molar-refractivity contribution in [2.45, 2.75) is 56.5 Å². The fourth-order valence-corrected chi connectivity index (χ4v) is 4.34. The third-order valence-electron chi connectivity index (χ3n) is 5.60. The minimum atomic E-state index is -0.0586. The highest BCUT2D eigenvalue weighted by atomic mass is 16.5. The van der Waals surface area contributed by atoms with Crippen molar-refractivity contribution in [1.82, 2.24) is 5.32 Å². The molecular formula is C20H24N2O3. The van der Waals surface area contributed by atoms with Crippen LogP contribution < -0.4 is 10.1 Å². The van der Waals surface area contributed by atoms with Gasteiger partial charge >= 0.3 is 0 Å². The van der Waals surface area contributed by atoms with Crippen molar-refractivity contribution in [1.29, 1.82) is 0 Å². The van der Waals surface area contributed by atoms with E-state index in [-0.39, 0.29) is 23.5 Å². The number of hydrogen-bond donors (Lipinski definition) is 2. The predicted molar refractivity (Wildman–Crippen MR) is 96.2 cm³/mol. The maximum atomic E-state index is 12.8. The number of aliphatic imine (C=N–C) groups is 1. The van der Waals surface area contributed by atoms with E-state index >= 15 is 0 Å². The van der Waals surface area contributed by atoms with Crippen LogP contribution in [0.1, 0.15) is 50.0 Å².